The van der Waals surface area contributed by atoms with Crippen LogP contribution in [0, 0.1) is 22.6 Å². The van der Waals surface area contributed by atoms with Gasteiger partial charge in [-0.1, -0.05) is 19.3 Å². The van der Waals surface area contributed by atoms with Gasteiger partial charge in [-0.2, -0.15) is 5.26 Å². The largest absolute Gasteiger partial charge is 0.379 e. The highest BCUT2D eigenvalue weighted by Gasteiger charge is 2.46. The molecule has 2 nitrogen and oxygen atoms in total. The molecule has 1 aromatic rings. The zero-order chi connectivity index (χ0) is 13.3. The second kappa shape index (κ2) is 4.85. The first kappa shape index (κ1) is 12.5. The molecule has 0 saturated heterocycles. The number of hydrogen-bond acceptors (Lipinski definition) is 2. The summed E-state index contributed by atoms with van der Waals surface area (Å²) in [6.45, 7) is 0. The molecule has 2 aliphatic carbocycles. The van der Waals surface area contributed by atoms with Crippen molar-refractivity contribution in [2.45, 2.75) is 51.0 Å². The second-order valence-electron chi connectivity index (χ2n) is 5.97. The first-order valence-corrected chi connectivity index (χ1v) is 7.20. The molecule has 100 valence electrons. The van der Waals surface area contributed by atoms with Crippen LogP contribution in [-0.4, -0.2) is 6.04 Å². The third-order valence-corrected chi connectivity index (χ3v) is 4.95. The predicted octanol–water partition coefficient (Wildman–Crippen LogP) is 4.22. The Balaban J connectivity index is 1.73. The molecule has 3 heteroatoms. The SMILES string of the molecule is N#Cc1ccc(NC2CCC23CCCCC3)c(F)c1. The van der Waals surface area contributed by atoms with Gasteiger partial charge in [-0.25, -0.2) is 4.39 Å². The maximum Gasteiger partial charge on any atom is 0.147 e. The molecule has 2 saturated carbocycles. The Morgan fingerprint density at radius 2 is 2.00 bits per heavy atom. The van der Waals surface area contributed by atoms with E-state index in [2.05, 4.69) is 5.32 Å². The molecule has 3 rings (SSSR count). The van der Waals surface area contributed by atoms with Gasteiger partial charge < -0.3 is 5.32 Å². The van der Waals surface area contributed by atoms with Crippen LogP contribution in [0.1, 0.15) is 50.5 Å². The van der Waals surface area contributed by atoms with Gasteiger partial charge in [-0.3, -0.25) is 0 Å². The Kier molecular flexibility index (Phi) is 3.18. The molecular formula is C16H19FN2. The van der Waals surface area contributed by atoms with Crippen LogP contribution in [0.15, 0.2) is 18.2 Å². The summed E-state index contributed by atoms with van der Waals surface area (Å²) in [6.07, 6.45) is 8.95. The van der Waals surface area contributed by atoms with Crippen LogP contribution in [-0.2, 0) is 0 Å². The number of nitrogens with zero attached hydrogens (tertiary/aromatic N) is 1. The highest BCUT2D eigenvalue weighted by Crippen LogP contribution is 2.52. The molecule has 2 fully saturated rings. The summed E-state index contributed by atoms with van der Waals surface area (Å²) in [7, 11) is 0. The smallest absolute Gasteiger partial charge is 0.147 e. The van der Waals surface area contributed by atoms with Gasteiger partial charge in [-0.15, -0.1) is 0 Å². The lowest BCUT2D eigenvalue weighted by Gasteiger charge is -2.52. The normalized spacial score (nSPS) is 24.5. The van der Waals surface area contributed by atoms with Gasteiger partial charge in [0.25, 0.3) is 0 Å². The monoisotopic (exact) mass is 258 g/mol. The van der Waals surface area contributed by atoms with Crippen molar-refractivity contribution in [3.05, 3.63) is 29.6 Å². The Bertz CT molecular complexity index is 512. The van der Waals surface area contributed by atoms with Crippen molar-refractivity contribution in [1.82, 2.24) is 0 Å². The van der Waals surface area contributed by atoms with E-state index in [1.165, 1.54) is 44.6 Å². The molecule has 0 radical (unpaired) electrons. The average molecular weight is 258 g/mol. The Morgan fingerprint density at radius 3 is 2.58 bits per heavy atom. The molecule has 0 heterocycles. The van der Waals surface area contributed by atoms with E-state index in [0.29, 0.717) is 22.7 Å². The number of hydrogen-bond donors (Lipinski definition) is 1. The average Bonchev–Trinajstić information content (AvgIpc) is 2.45. The number of benzene rings is 1. The highest BCUT2D eigenvalue weighted by molar-refractivity contribution is 5.50. The van der Waals surface area contributed by atoms with E-state index in [9.17, 15) is 4.39 Å². The summed E-state index contributed by atoms with van der Waals surface area (Å²) < 4.78 is 13.9. The van der Waals surface area contributed by atoms with Crippen molar-refractivity contribution < 1.29 is 4.39 Å². The van der Waals surface area contributed by atoms with E-state index in [4.69, 9.17) is 5.26 Å². The van der Waals surface area contributed by atoms with Crippen LogP contribution in [0.4, 0.5) is 10.1 Å². The summed E-state index contributed by atoms with van der Waals surface area (Å²) in [5, 5.41) is 12.1. The van der Waals surface area contributed by atoms with E-state index in [-0.39, 0.29) is 5.82 Å². The first-order valence-electron chi connectivity index (χ1n) is 7.20. The lowest BCUT2D eigenvalue weighted by Crippen LogP contribution is -2.50. The first-order chi connectivity index (χ1) is 9.23. The number of nitriles is 1. The number of rotatable bonds is 2. The number of nitrogens with one attached hydrogen (secondary N) is 1. The van der Waals surface area contributed by atoms with Crippen molar-refractivity contribution in [3.63, 3.8) is 0 Å². The van der Waals surface area contributed by atoms with Crippen molar-refractivity contribution >= 4 is 5.69 Å². The highest BCUT2D eigenvalue weighted by atomic mass is 19.1. The van der Waals surface area contributed by atoms with Crippen LogP contribution < -0.4 is 5.32 Å². The van der Waals surface area contributed by atoms with E-state index < -0.39 is 0 Å². The molecule has 0 bridgehead atoms. The standard InChI is InChI=1S/C16H19FN2/c17-13-10-12(11-18)4-5-14(13)19-15-6-9-16(15)7-2-1-3-8-16/h4-5,10,15,19H,1-3,6-9H2. The third kappa shape index (κ3) is 2.20. The predicted molar refractivity (Wildman–Crippen MR) is 73.3 cm³/mol. The summed E-state index contributed by atoms with van der Waals surface area (Å²) >= 11 is 0. The molecule has 0 amide bonds. The minimum atomic E-state index is -0.308. The molecule has 2 aliphatic rings. The summed E-state index contributed by atoms with van der Waals surface area (Å²) in [5.41, 5.74) is 1.34. The molecule has 1 spiro atoms. The van der Waals surface area contributed by atoms with Gasteiger partial charge >= 0.3 is 0 Å². The van der Waals surface area contributed by atoms with Crippen molar-refractivity contribution in [2.24, 2.45) is 5.41 Å². The van der Waals surface area contributed by atoms with Gasteiger partial charge in [-0.05, 0) is 49.3 Å². The Hall–Kier alpha value is -1.56. The summed E-state index contributed by atoms with van der Waals surface area (Å²) in [6, 6.07) is 7.07. The minimum Gasteiger partial charge on any atom is -0.379 e. The van der Waals surface area contributed by atoms with Gasteiger partial charge in [0, 0.05) is 6.04 Å². The number of anilines is 1. The zero-order valence-corrected chi connectivity index (χ0v) is 11.1. The Morgan fingerprint density at radius 1 is 1.21 bits per heavy atom. The van der Waals surface area contributed by atoms with E-state index >= 15 is 0 Å². The van der Waals surface area contributed by atoms with Crippen molar-refractivity contribution in [1.29, 1.82) is 5.26 Å². The van der Waals surface area contributed by atoms with Crippen LogP contribution in [0.25, 0.3) is 0 Å². The van der Waals surface area contributed by atoms with Crippen LogP contribution >= 0.6 is 0 Å². The van der Waals surface area contributed by atoms with Gasteiger partial charge in [0.1, 0.15) is 5.82 Å². The van der Waals surface area contributed by atoms with Gasteiger partial charge in [0.2, 0.25) is 0 Å². The number of halogens is 1. The Labute approximate surface area is 113 Å². The molecule has 0 aromatic heterocycles. The molecule has 1 unspecified atom stereocenters. The maximum atomic E-state index is 13.9. The zero-order valence-electron chi connectivity index (χ0n) is 11.1. The van der Waals surface area contributed by atoms with Crippen molar-refractivity contribution in [3.8, 4) is 6.07 Å². The molecular weight excluding hydrogens is 239 g/mol. The molecule has 0 aliphatic heterocycles. The molecule has 1 N–H and O–H groups in total. The molecule has 1 atom stereocenters. The van der Waals surface area contributed by atoms with Crippen LogP contribution in [0.3, 0.4) is 0 Å². The fraction of sp³-hybridized carbons (Fsp3) is 0.562. The molecule has 1 aromatic carbocycles. The maximum absolute atomic E-state index is 13.9. The van der Waals surface area contributed by atoms with E-state index in [1.807, 2.05) is 6.07 Å². The van der Waals surface area contributed by atoms with Crippen LogP contribution in [0.5, 0.6) is 0 Å². The lowest BCUT2D eigenvalue weighted by molar-refractivity contribution is 0.0569. The van der Waals surface area contributed by atoms with Gasteiger partial charge in [0.05, 0.1) is 17.3 Å². The van der Waals surface area contributed by atoms with Gasteiger partial charge in [0.15, 0.2) is 0 Å². The molecule has 19 heavy (non-hydrogen) atoms. The quantitative estimate of drug-likeness (QED) is 0.862. The second-order valence-corrected chi connectivity index (χ2v) is 5.97. The lowest BCUT2D eigenvalue weighted by atomic mass is 9.57. The topological polar surface area (TPSA) is 35.8 Å². The van der Waals surface area contributed by atoms with Crippen molar-refractivity contribution in [2.75, 3.05) is 5.32 Å². The van der Waals surface area contributed by atoms with Crippen LogP contribution in [0.2, 0.25) is 0 Å². The summed E-state index contributed by atoms with van der Waals surface area (Å²) in [5.74, 6) is -0.308. The fourth-order valence-corrected chi connectivity index (χ4v) is 3.67. The third-order valence-electron chi connectivity index (χ3n) is 4.95. The van der Waals surface area contributed by atoms with E-state index in [1.54, 1.807) is 12.1 Å². The van der Waals surface area contributed by atoms with E-state index in [0.717, 1.165) is 6.42 Å². The summed E-state index contributed by atoms with van der Waals surface area (Å²) in [4.78, 5) is 0. The minimum absolute atomic E-state index is 0.308. The fourth-order valence-electron chi connectivity index (χ4n) is 3.67.